The lowest BCUT2D eigenvalue weighted by Gasteiger charge is -2.05. The van der Waals surface area contributed by atoms with Crippen molar-refractivity contribution in [3.8, 4) is 0 Å². The number of carbonyl (C=O) groups excluding carboxylic acids is 1. The summed E-state index contributed by atoms with van der Waals surface area (Å²) in [5.74, 6) is -0.856. The normalized spacial score (nSPS) is 9.85. The van der Waals surface area contributed by atoms with Gasteiger partial charge in [-0.2, -0.15) is 0 Å². The van der Waals surface area contributed by atoms with Crippen LogP contribution in [0.4, 0.5) is 4.39 Å². The van der Waals surface area contributed by atoms with Gasteiger partial charge in [0.15, 0.2) is 6.29 Å². The van der Waals surface area contributed by atoms with E-state index in [4.69, 9.17) is 21.6 Å². The van der Waals surface area contributed by atoms with Gasteiger partial charge in [-0.3, -0.25) is 4.79 Å². The van der Waals surface area contributed by atoms with Crippen LogP contribution in [0, 0.1) is 5.82 Å². The van der Waals surface area contributed by atoms with Gasteiger partial charge in [-0.25, -0.2) is 4.39 Å². The second-order valence-corrected chi connectivity index (χ2v) is 2.73. The van der Waals surface area contributed by atoms with Crippen LogP contribution in [-0.4, -0.2) is 23.5 Å². The molecule has 1 aromatic rings. The van der Waals surface area contributed by atoms with Crippen molar-refractivity contribution in [2.45, 2.75) is 0 Å². The predicted octanol–water partition coefficient (Wildman–Crippen LogP) is -0.0286. The SMILES string of the molecule is O=Cc1ccc(F)c(B(O)O)c1Cl. The van der Waals surface area contributed by atoms with Crippen LogP contribution in [0.25, 0.3) is 0 Å². The fourth-order valence-corrected chi connectivity index (χ4v) is 1.21. The highest BCUT2D eigenvalue weighted by atomic mass is 35.5. The molecule has 6 heteroatoms. The second-order valence-electron chi connectivity index (χ2n) is 2.36. The molecular formula is C7H5BClFO3. The second kappa shape index (κ2) is 3.87. The number of hydrogen-bond donors (Lipinski definition) is 2. The molecule has 0 aliphatic carbocycles. The number of benzene rings is 1. The fraction of sp³-hybridized carbons (Fsp3) is 0. The van der Waals surface area contributed by atoms with E-state index in [0.29, 0.717) is 6.29 Å². The average Bonchev–Trinajstić information content (AvgIpc) is 2.04. The zero-order valence-corrected chi connectivity index (χ0v) is 7.12. The molecule has 0 unspecified atom stereocenters. The van der Waals surface area contributed by atoms with E-state index in [9.17, 15) is 9.18 Å². The number of rotatable bonds is 2. The van der Waals surface area contributed by atoms with Crippen LogP contribution >= 0.6 is 11.6 Å². The maximum Gasteiger partial charge on any atom is 0.493 e. The molecular weight excluding hydrogens is 197 g/mol. The summed E-state index contributed by atoms with van der Waals surface area (Å²) in [6.45, 7) is 0. The Morgan fingerprint density at radius 1 is 1.46 bits per heavy atom. The molecule has 0 aliphatic rings. The van der Waals surface area contributed by atoms with Gasteiger partial charge in [0.25, 0.3) is 0 Å². The Balaban J connectivity index is 3.38. The van der Waals surface area contributed by atoms with Crippen molar-refractivity contribution in [2.24, 2.45) is 0 Å². The fourth-order valence-electron chi connectivity index (χ4n) is 0.914. The molecule has 1 rings (SSSR count). The van der Waals surface area contributed by atoms with E-state index in [0.717, 1.165) is 12.1 Å². The number of hydrogen-bond acceptors (Lipinski definition) is 3. The van der Waals surface area contributed by atoms with Gasteiger partial charge in [0.2, 0.25) is 0 Å². The molecule has 1 aromatic carbocycles. The number of carbonyl (C=O) groups is 1. The maximum atomic E-state index is 12.9. The summed E-state index contributed by atoms with van der Waals surface area (Å²) in [5.41, 5.74) is -0.461. The molecule has 13 heavy (non-hydrogen) atoms. The van der Waals surface area contributed by atoms with E-state index in [1.807, 2.05) is 0 Å². The lowest BCUT2D eigenvalue weighted by Crippen LogP contribution is -2.34. The third kappa shape index (κ3) is 1.88. The lowest BCUT2D eigenvalue weighted by molar-refractivity contribution is 0.112. The molecule has 0 bridgehead atoms. The molecule has 3 nitrogen and oxygen atoms in total. The van der Waals surface area contributed by atoms with Crippen LogP contribution in [0.5, 0.6) is 0 Å². The van der Waals surface area contributed by atoms with E-state index in [-0.39, 0.29) is 10.6 Å². The summed E-state index contributed by atoms with van der Waals surface area (Å²) in [4.78, 5) is 10.3. The van der Waals surface area contributed by atoms with Crippen molar-refractivity contribution < 1.29 is 19.2 Å². The summed E-state index contributed by atoms with van der Waals surface area (Å²) in [7, 11) is -2.02. The zero-order chi connectivity index (χ0) is 10.0. The average molecular weight is 202 g/mol. The van der Waals surface area contributed by atoms with Gasteiger partial charge in [0.1, 0.15) is 5.82 Å². The Morgan fingerprint density at radius 2 is 2.08 bits per heavy atom. The summed E-state index contributed by atoms with van der Waals surface area (Å²) in [6, 6.07) is 2.11. The summed E-state index contributed by atoms with van der Waals surface area (Å²) >= 11 is 5.52. The molecule has 0 radical (unpaired) electrons. The first kappa shape index (κ1) is 10.2. The van der Waals surface area contributed by atoms with E-state index >= 15 is 0 Å². The Morgan fingerprint density at radius 3 is 2.54 bits per heavy atom. The van der Waals surface area contributed by atoms with Crippen LogP contribution in [0.3, 0.4) is 0 Å². The summed E-state index contributed by atoms with van der Waals surface area (Å²) < 4.78 is 12.9. The van der Waals surface area contributed by atoms with Crippen molar-refractivity contribution in [3.63, 3.8) is 0 Å². The van der Waals surface area contributed by atoms with E-state index in [1.54, 1.807) is 0 Å². The van der Waals surface area contributed by atoms with E-state index in [1.165, 1.54) is 0 Å². The van der Waals surface area contributed by atoms with Gasteiger partial charge in [-0.1, -0.05) is 11.6 Å². The quantitative estimate of drug-likeness (QED) is 0.523. The topological polar surface area (TPSA) is 57.5 Å². The Kier molecular flexibility index (Phi) is 3.03. The molecule has 2 N–H and O–H groups in total. The van der Waals surface area contributed by atoms with E-state index in [2.05, 4.69) is 0 Å². The van der Waals surface area contributed by atoms with Crippen molar-refractivity contribution >= 4 is 30.5 Å². The largest absolute Gasteiger partial charge is 0.493 e. The first-order valence-corrected chi connectivity index (χ1v) is 3.75. The minimum absolute atomic E-state index is 0.0196. The Labute approximate surface area is 78.9 Å². The van der Waals surface area contributed by atoms with Gasteiger partial charge in [0, 0.05) is 11.0 Å². The Bertz CT molecular complexity index is 343. The molecule has 0 amide bonds. The minimum atomic E-state index is -2.02. The van der Waals surface area contributed by atoms with E-state index < -0.39 is 18.4 Å². The van der Waals surface area contributed by atoms with Gasteiger partial charge in [0.05, 0.1) is 5.02 Å². The third-order valence-corrected chi connectivity index (χ3v) is 1.96. The van der Waals surface area contributed by atoms with Crippen LogP contribution in [0.1, 0.15) is 10.4 Å². The number of aldehydes is 1. The van der Waals surface area contributed by atoms with Crippen LogP contribution in [-0.2, 0) is 0 Å². The molecule has 0 saturated carbocycles. The number of halogens is 2. The molecule has 0 aliphatic heterocycles. The zero-order valence-electron chi connectivity index (χ0n) is 6.37. The first-order valence-electron chi connectivity index (χ1n) is 3.37. The lowest BCUT2D eigenvalue weighted by atomic mass is 9.79. The summed E-state index contributed by atoms with van der Waals surface area (Å²) in [5, 5.41) is 17.2. The third-order valence-electron chi connectivity index (χ3n) is 1.54. The molecule has 68 valence electrons. The monoisotopic (exact) mass is 202 g/mol. The first-order chi connectivity index (χ1) is 6.07. The molecule has 0 atom stereocenters. The molecule has 0 saturated heterocycles. The highest BCUT2D eigenvalue weighted by Crippen LogP contribution is 2.13. The van der Waals surface area contributed by atoms with Gasteiger partial charge >= 0.3 is 7.12 Å². The standard InChI is InChI=1S/C7H5BClFO3/c9-7-4(3-11)1-2-5(10)6(7)8(12)13/h1-3,12-13H. The van der Waals surface area contributed by atoms with Gasteiger partial charge < -0.3 is 10.0 Å². The molecule has 0 heterocycles. The maximum absolute atomic E-state index is 12.9. The van der Waals surface area contributed by atoms with Crippen LogP contribution in [0.2, 0.25) is 5.02 Å². The smallest absolute Gasteiger partial charge is 0.423 e. The highest BCUT2D eigenvalue weighted by Gasteiger charge is 2.22. The van der Waals surface area contributed by atoms with Crippen molar-refractivity contribution in [2.75, 3.05) is 0 Å². The van der Waals surface area contributed by atoms with Crippen molar-refractivity contribution in [1.82, 2.24) is 0 Å². The van der Waals surface area contributed by atoms with Crippen molar-refractivity contribution in [3.05, 3.63) is 28.5 Å². The van der Waals surface area contributed by atoms with Crippen LogP contribution in [0.15, 0.2) is 12.1 Å². The predicted molar refractivity (Wildman–Crippen MR) is 46.6 cm³/mol. The van der Waals surface area contributed by atoms with Gasteiger partial charge in [-0.15, -0.1) is 0 Å². The summed E-state index contributed by atoms with van der Waals surface area (Å²) in [6.07, 6.45) is 0.410. The molecule has 0 aromatic heterocycles. The molecule has 0 fully saturated rings. The highest BCUT2D eigenvalue weighted by molar-refractivity contribution is 6.63. The molecule has 0 spiro atoms. The van der Waals surface area contributed by atoms with Gasteiger partial charge in [-0.05, 0) is 12.1 Å². The van der Waals surface area contributed by atoms with Crippen LogP contribution < -0.4 is 5.46 Å². The van der Waals surface area contributed by atoms with Crippen molar-refractivity contribution in [1.29, 1.82) is 0 Å². The Hall–Kier alpha value is -0.905. The minimum Gasteiger partial charge on any atom is -0.423 e.